The van der Waals surface area contributed by atoms with Gasteiger partial charge < -0.3 is 9.80 Å². The lowest BCUT2D eigenvalue weighted by molar-refractivity contribution is -0.137. The molecule has 0 aliphatic carbocycles. The van der Waals surface area contributed by atoms with E-state index >= 15 is 0 Å². The zero-order valence-electron chi connectivity index (χ0n) is 17.8. The Morgan fingerprint density at radius 1 is 1.09 bits per heavy atom. The standard InChI is InChI=1S/C23H23Cl2F3N2O2/c1-13(2)29(3)21(31)19-12-30(22(32)17-8-7-16(24)10-20(17)25)11-18(19)14-5-4-6-15(9-14)23(26,27)28/h4-10,13,18-19H,11-12H2,1-3H3/t18-,19+/m1/s1. The number of carbonyl (C=O) groups excluding carboxylic acids is 2. The van der Waals surface area contributed by atoms with Crippen LogP contribution in [0.4, 0.5) is 13.2 Å². The van der Waals surface area contributed by atoms with E-state index in [1.54, 1.807) is 18.0 Å². The SMILES string of the molecule is CC(C)N(C)C(=O)[C@H]1CN(C(=O)c2ccc(Cl)cc2Cl)C[C@@H]1c1cccc(C(F)(F)F)c1. The van der Waals surface area contributed by atoms with Gasteiger partial charge in [0.2, 0.25) is 5.91 Å². The van der Waals surface area contributed by atoms with Crippen LogP contribution in [0, 0.1) is 5.92 Å². The van der Waals surface area contributed by atoms with Gasteiger partial charge in [0, 0.05) is 37.1 Å². The minimum Gasteiger partial charge on any atom is -0.343 e. The van der Waals surface area contributed by atoms with Crippen LogP contribution in [0.2, 0.25) is 10.0 Å². The summed E-state index contributed by atoms with van der Waals surface area (Å²) in [5.41, 5.74) is -0.194. The molecule has 1 aliphatic rings. The van der Waals surface area contributed by atoms with Gasteiger partial charge in [0.15, 0.2) is 0 Å². The molecule has 172 valence electrons. The molecule has 1 fully saturated rings. The van der Waals surface area contributed by atoms with Gasteiger partial charge in [0.1, 0.15) is 0 Å². The molecule has 2 aromatic carbocycles. The first-order chi connectivity index (χ1) is 14.9. The minimum atomic E-state index is -4.50. The van der Waals surface area contributed by atoms with Gasteiger partial charge >= 0.3 is 6.18 Å². The minimum absolute atomic E-state index is 0.0780. The summed E-state index contributed by atoms with van der Waals surface area (Å²) in [7, 11) is 1.65. The maximum Gasteiger partial charge on any atom is 0.416 e. The zero-order valence-corrected chi connectivity index (χ0v) is 19.3. The van der Waals surface area contributed by atoms with Crippen molar-refractivity contribution in [2.45, 2.75) is 32.0 Å². The molecular weight excluding hydrogens is 464 g/mol. The highest BCUT2D eigenvalue weighted by atomic mass is 35.5. The maximum atomic E-state index is 13.3. The summed E-state index contributed by atoms with van der Waals surface area (Å²) >= 11 is 12.1. The quantitative estimate of drug-likeness (QED) is 0.553. The smallest absolute Gasteiger partial charge is 0.343 e. The topological polar surface area (TPSA) is 40.6 Å². The Hall–Kier alpha value is -2.25. The van der Waals surface area contributed by atoms with Crippen molar-refractivity contribution in [3.63, 3.8) is 0 Å². The van der Waals surface area contributed by atoms with Crippen LogP contribution >= 0.6 is 23.2 Å². The van der Waals surface area contributed by atoms with E-state index in [4.69, 9.17) is 23.2 Å². The van der Waals surface area contributed by atoms with Gasteiger partial charge in [0.05, 0.1) is 22.1 Å². The number of halogens is 5. The fraction of sp³-hybridized carbons (Fsp3) is 0.391. The fourth-order valence-electron chi connectivity index (χ4n) is 3.85. The number of alkyl halides is 3. The zero-order chi connectivity index (χ0) is 23.8. The van der Waals surface area contributed by atoms with Crippen molar-refractivity contribution in [1.29, 1.82) is 0 Å². The molecule has 1 heterocycles. The summed E-state index contributed by atoms with van der Waals surface area (Å²) in [4.78, 5) is 29.4. The second-order valence-electron chi connectivity index (χ2n) is 8.21. The van der Waals surface area contributed by atoms with Gasteiger partial charge in [-0.15, -0.1) is 0 Å². The van der Waals surface area contributed by atoms with Crippen LogP contribution in [0.5, 0.6) is 0 Å². The lowest BCUT2D eigenvalue weighted by atomic mass is 9.87. The van der Waals surface area contributed by atoms with E-state index in [9.17, 15) is 22.8 Å². The second kappa shape index (κ2) is 9.32. The molecule has 0 bridgehead atoms. The maximum absolute atomic E-state index is 13.3. The molecule has 2 aromatic rings. The van der Waals surface area contributed by atoms with Crippen LogP contribution in [0.25, 0.3) is 0 Å². The number of rotatable bonds is 4. The van der Waals surface area contributed by atoms with E-state index in [1.807, 2.05) is 13.8 Å². The average Bonchev–Trinajstić information content (AvgIpc) is 3.17. The molecule has 32 heavy (non-hydrogen) atoms. The summed E-state index contributed by atoms with van der Waals surface area (Å²) in [6, 6.07) is 9.34. The highest BCUT2D eigenvalue weighted by molar-refractivity contribution is 6.36. The predicted molar refractivity (Wildman–Crippen MR) is 118 cm³/mol. The van der Waals surface area contributed by atoms with E-state index in [0.717, 1.165) is 12.1 Å². The third-order valence-corrected chi connectivity index (χ3v) is 6.40. The molecule has 0 unspecified atom stereocenters. The summed E-state index contributed by atoms with van der Waals surface area (Å²) in [5, 5.41) is 0.550. The monoisotopic (exact) mass is 486 g/mol. The predicted octanol–water partition coefficient (Wildman–Crippen LogP) is 5.73. The summed E-state index contributed by atoms with van der Waals surface area (Å²) < 4.78 is 39.8. The Labute approximate surface area is 194 Å². The van der Waals surface area contributed by atoms with Crippen LogP contribution in [0.1, 0.15) is 41.3 Å². The first-order valence-electron chi connectivity index (χ1n) is 10.1. The Balaban J connectivity index is 1.98. The number of amides is 2. The van der Waals surface area contributed by atoms with Crippen molar-refractivity contribution >= 4 is 35.0 Å². The van der Waals surface area contributed by atoms with Crippen LogP contribution in [0.3, 0.4) is 0 Å². The van der Waals surface area contributed by atoms with Crippen molar-refractivity contribution < 1.29 is 22.8 Å². The highest BCUT2D eigenvalue weighted by Gasteiger charge is 2.43. The van der Waals surface area contributed by atoms with Gasteiger partial charge in [-0.3, -0.25) is 9.59 Å². The molecule has 3 rings (SSSR count). The van der Waals surface area contributed by atoms with E-state index < -0.39 is 29.5 Å². The Kier molecular flexibility index (Phi) is 7.10. The first kappa shape index (κ1) is 24.4. The molecule has 0 spiro atoms. The third kappa shape index (κ3) is 5.04. The molecule has 0 saturated carbocycles. The van der Waals surface area contributed by atoms with Gasteiger partial charge in [-0.05, 0) is 43.7 Å². The number of benzene rings is 2. The number of likely N-dealkylation sites (tertiary alicyclic amines) is 1. The van der Waals surface area contributed by atoms with Gasteiger partial charge in [-0.25, -0.2) is 0 Å². The van der Waals surface area contributed by atoms with Crippen LogP contribution < -0.4 is 0 Å². The molecule has 0 N–H and O–H groups in total. The van der Waals surface area contributed by atoms with Gasteiger partial charge in [0.25, 0.3) is 5.91 Å². The molecular formula is C23H23Cl2F3N2O2. The first-order valence-corrected chi connectivity index (χ1v) is 10.8. The molecule has 1 aliphatic heterocycles. The summed E-state index contributed by atoms with van der Waals surface area (Å²) in [5.74, 6) is -1.88. The van der Waals surface area contributed by atoms with Gasteiger partial charge in [-0.2, -0.15) is 13.2 Å². The lowest BCUT2D eigenvalue weighted by Crippen LogP contribution is -2.40. The number of nitrogens with zero attached hydrogens (tertiary/aromatic N) is 2. The molecule has 1 saturated heterocycles. The molecule has 0 radical (unpaired) electrons. The van der Waals surface area contributed by atoms with Crippen LogP contribution in [-0.4, -0.2) is 47.8 Å². The van der Waals surface area contributed by atoms with E-state index in [2.05, 4.69) is 0 Å². The number of hydrogen-bond donors (Lipinski definition) is 0. The normalized spacial score (nSPS) is 18.8. The van der Waals surface area contributed by atoms with Crippen molar-refractivity contribution in [1.82, 2.24) is 9.80 Å². The van der Waals surface area contributed by atoms with Crippen molar-refractivity contribution in [3.05, 3.63) is 69.2 Å². The molecule has 2 amide bonds. The van der Waals surface area contributed by atoms with Crippen molar-refractivity contribution in [3.8, 4) is 0 Å². The molecule has 9 heteroatoms. The Bertz CT molecular complexity index is 1030. The van der Waals surface area contributed by atoms with Crippen molar-refractivity contribution in [2.24, 2.45) is 5.92 Å². The number of carbonyl (C=O) groups is 2. The number of hydrogen-bond acceptors (Lipinski definition) is 2. The fourth-order valence-corrected chi connectivity index (χ4v) is 4.34. The van der Waals surface area contributed by atoms with E-state index in [0.29, 0.717) is 10.6 Å². The van der Waals surface area contributed by atoms with Crippen molar-refractivity contribution in [2.75, 3.05) is 20.1 Å². The summed E-state index contributed by atoms with van der Waals surface area (Å²) in [6.45, 7) is 3.88. The molecule has 0 aromatic heterocycles. The Morgan fingerprint density at radius 3 is 2.38 bits per heavy atom. The third-order valence-electron chi connectivity index (χ3n) is 5.85. The van der Waals surface area contributed by atoms with E-state index in [1.165, 1.54) is 29.2 Å². The average molecular weight is 487 g/mol. The largest absolute Gasteiger partial charge is 0.416 e. The van der Waals surface area contributed by atoms with E-state index in [-0.39, 0.29) is 35.6 Å². The molecule has 4 nitrogen and oxygen atoms in total. The second-order valence-corrected chi connectivity index (χ2v) is 9.06. The van der Waals surface area contributed by atoms with Crippen LogP contribution in [-0.2, 0) is 11.0 Å². The highest BCUT2D eigenvalue weighted by Crippen LogP contribution is 2.38. The lowest BCUT2D eigenvalue weighted by Gasteiger charge is -2.27. The van der Waals surface area contributed by atoms with Crippen LogP contribution in [0.15, 0.2) is 42.5 Å². The van der Waals surface area contributed by atoms with Gasteiger partial charge in [-0.1, -0.05) is 41.4 Å². The summed E-state index contributed by atoms with van der Waals surface area (Å²) in [6.07, 6.45) is -4.50. The molecule has 2 atom stereocenters. The Morgan fingerprint density at radius 2 is 1.78 bits per heavy atom.